The lowest BCUT2D eigenvalue weighted by Gasteiger charge is -2.27. The van der Waals surface area contributed by atoms with Gasteiger partial charge >= 0.3 is 12.3 Å². The number of ether oxygens (including phenoxy) is 1. The maximum atomic E-state index is 15.9. The van der Waals surface area contributed by atoms with E-state index in [1.165, 1.54) is 44.3 Å². The Hall–Kier alpha value is -5.46. The van der Waals surface area contributed by atoms with Crippen LogP contribution in [0.2, 0.25) is 0 Å². The van der Waals surface area contributed by atoms with Gasteiger partial charge in [0.25, 0.3) is 11.8 Å². The standard InChI is InChI=1S/C34H30F6N6O4/c1-31(2,3)50-30(48)43-25-14-33(36,37)22-13-23(35)21(27-44-45-29(49-27)32(4,5)17-41)12-26(22)46(28(25)47)16-18-6-11-24(42-15-18)19-7-9-20(10-8-19)34(38,39)40/h6-13,15,25H,14,16H2,1-5H3,(H,43,48)/t25-/m1/s1. The molecule has 0 spiro atoms. The molecule has 5 rings (SSSR count). The minimum Gasteiger partial charge on any atom is -0.444 e. The van der Waals surface area contributed by atoms with Crippen molar-refractivity contribution in [2.75, 3.05) is 4.90 Å². The van der Waals surface area contributed by atoms with Crippen LogP contribution in [0.25, 0.3) is 22.7 Å². The number of carbonyl (C=O) groups is 2. The molecule has 0 aliphatic carbocycles. The van der Waals surface area contributed by atoms with Gasteiger partial charge in [-0.3, -0.25) is 9.78 Å². The summed E-state index contributed by atoms with van der Waals surface area (Å²) in [5, 5.41) is 19.3. The van der Waals surface area contributed by atoms with Crippen molar-refractivity contribution in [2.24, 2.45) is 0 Å². The first-order valence-electron chi connectivity index (χ1n) is 15.1. The molecule has 1 N–H and O–H groups in total. The number of halogens is 6. The quantitative estimate of drug-likeness (QED) is 0.203. The van der Waals surface area contributed by atoms with Gasteiger partial charge in [0.1, 0.15) is 22.9 Å². The molecular formula is C34H30F6N6O4. The predicted octanol–water partition coefficient (Wildman–Crippen LogP) is 7.68. The van der Waals surface area contributed by atoms with E-state index in [0.717, 1.165) is 23.1 Å². The molecule has 4 aromatic rings. The zero-order chi connectivity index (χ0) is 36.8. The van der Waals surface area contributed by atoms with Gasteiger partial charge in [-0.2, -0.15) is 18.4 Å². The van der Waals surface area contributed by atoms with Gasteiger partial charge in [0.2, 0.25) is 11.8 Å². The molecule has 0 saturated heterocycles. The molecule has 16 heteroatoms. The van der Waals surface area contributed by atoms with Crippen molar-refractivity contribution in [3.63, 3.8) is 0 Å². The van der Waals surface area contributed by atoms with Gasteiger partial charge in [0.05, 0.1) is 35.1 Å². The zero-order valence-electron chi connectivity index (χ0n) is 27.3. The first-order valence-corrected chi connectivity index (χ1v) is 15.1. The summed E-state index contributed by atoms with van der Waals surface area (Å²) in [5.41, 5.74) is -3.92. The van der Waals surface area contributed by atoms with E-state index in [2.05, 4.69) is 20.5 Å². The van der Waals surface area contributed by atoms with Crippen molar-refractivity contribution in [3.8, 4) is 28.8 Å². The van der Waals surface area contributed by atoms with Gasteiger partial charge in [-0.1, -0.05) is 18.2 Å². The van der Waals surface area contributed by atoms with Crippen LogP contribution < -0.4 is 10.2 Å². The summed E-state index contributed by atoms with van der Waals surface area (Å²) >= 11 is 0. The monoisotopic (exact) mass is 700 g/mol. The van der Waals surface area contributed by atoms with E-state index in [-0.39, 0.29) is 11.6 Å². The second-order valence-corrected chi connectivity index (χ2v) is 13.2. The molecule has 2 amide bonds. The van der Waals surface area contributed by atoms with Crippen molar-refractivity contribution in [2.45, 2.75) is 76.7 Å². The Morgan fingerprint density at radius 3 is 2.34 bits per heavy atom. The second-order valence-electron chi connectivity index (χ2n) is 13.2. The Labute approximate surface area is 282 Å². The summed E-state index contributed by atoms with van der Waals surface area (Å²) in [4.78, 5) is 31.9. The molecule has 2 aromatic heterocycles. The minimum atomic E-state index is -4.53. The van der Waals surface area contributed by atoms with Crippen LogP contribution in [-0.4, -0.2) is 38.8 Å². The van der Waals surface area contributed by atoms with Crippen molar-refractivity contribution in [1.29, 1.82) is 5.26 Å². The highest BCUT2D eigenvalue weighted by Crippen LogP contribution is 2.45. The maximum Gasteiger partial charge on any atom is 0.416 e. The molecule has 3 heterocycles. The molecular weight excluding hydrogens is 670 g/mol. The molecule has 0 unspecified atom stereocenters. The van der Waals surface area contributed by atoms with Gasteiger partial charge in [0, 0.05) is 23.7 Å². The smallest absolute Gasteiger partial charge is 0.416 e. The average Bonchev–Trinajstić information content (AvgIpc) is 3.51. The number of amides is 2. The lowest BCUT2D eigenvalue weighted by molar-refractivity contribution is -0.137. The number of rotatable bonds is 6. The largest absolute Gasteiger partial charge is 0.444 e. The normalized spacial score (nSPS) is 16.3. The van der Waals surface area contributed by atoms with Crippen LogP contribution in [0.4, 0.5) is 36.8 Å². The third-order valence-corrected chi connectivity index (χ3v) is 7.63. The Bertz CT molecular complexity index is 1960. The first-order chi connectivity index (χ1) is 23.2. The van der Waals surface area contributed by atoms with Crippen LogP contribution >= 0.6 is 0 Å². The SMILES string of the molecule is CC(C)(C)OC(=O)N[C@@H]1CC(F)(F)c2cc(F)c(-c3nnc(C(C)(C)C#N)o3)cc2N(Cc2ccc(-c3ccc(C(F)(F)F)cc3)nc2)C1=O. The summed E-state index contributed by atoms with van der Waals surface area (Å²) in [7, 11) is 0. The van der Waals surface area contributed by atoms with Gasteiger partial charge in [-0.05, 0) is 70.5 Å². The Kier molecular flexibility index (Phi) is 9.16. The van der Waals surface area contributed by atoms with Crippen molar-refractivity contribution >= 4 is 17.7 Å². The zero-order valence-corrected chi connectivity index (χ0v) is 27.3. The fraction of sp³-hybridized carbons (Fsp3) is 0.353. The number of pyridine rings is 1. The number of nitriles is 1. The molecule has 262 valence electrons. The molecule has 0 saturated carbocycles. The number of hydrogen-bond donors (Lipinski definition) is 1. The molecule has 10 nitrogen and oxygen atoms in total. The molecule has 0 fully saturated rings. The second kappa shape index (κ2) is 12.8. The molecule has 0 bridgehead atoms. The van der Waals surface area contributed by atoms with E-state index in [1.54, 1.807) is 20.8 Å². The molecule has 1 aliphatic rings. The maximum absolute atomic E-state index is 15.9. The van der Waals surface area contributed by atoms with Crippen LogP contribution in [0.5, 0.6) is 0 Å². The van der Waals surface area contributed by atoms with E-state index < -0.39 is 88.2 Å². The highest BCUT2D eigenvalue weighted by molar-refractivity contribution is 6.00. The highest BCUT2D eigenvalue weighted by Gasteiger charge is 2.47. The van der Waals surface area contributed by atoms with Crippen LogP contribution in [-0.2, 0) is 33.6 Å². The van der Waals surface area contributed by atoms with Crippen LogP contribution in [0.3, 0.4) is 0 Å². The number of nitrogens with one attached hydrogen (secondary N) is 1. The first kappa shape index (κ1) is 35.8. The lowest BCUT2D eigenvalue weighted by atomic mass is 9.96. The van der Waals surface area contributed by atoms with Gasteiger partial charge in [0.15, 0.2) is 0 Å². The van der Waals surface area contributed by atoms with Gasteiger partial charge in [-0.25, -0.2) is 18.0 Å². The lowest BCUT2D eigenvalue weighted by Crippen LogP contribution is -2.49. The Balaban J connectivity index is 1.57. The number of alkyl halides is 5. The minimum absolute atomic E-state index is 0.163. The highest BCUT2D eigenvalue weighted by atomic mass is 19.4. The Morgan fingerprint density at radius 2 is 1.76 bits per heavy atom. The number of fused-ring (bicyclic) bond motifs is 1. The van der Waals surface area contributed by atoms with Crippen LogP contribution in [0.15, 0.2) is 59.1 Å². The van der Waals surface area contributed by atoms with Crippen molar-refractivity contribution < 1.29 is 45.1 Å². The third-order valence-electron chi connectivity index (χ3n) is 7.63. The number of carbonyl (C=O) groups excluding carboxylic acids is 2. The number of anilines is 1. The predicted molar refractivity (Wildman–Crippen MR) is 166 cm³/mol. The molecule has 1 atom stereocenters. The van der Waals surface area contributed by atoms with E-state index in [0.29, 0.717) is 17.2 Å². The van der Waals surface area contributed by atoms with E-state index in [9.17, 15) is 28.0 Å². The summed E-state index contributed by atoms with van der Waals surface area (Å²) in [6, 6.07) is 8.89. The number of aromatic nitrogens is 3. The number of benzene rings is 2. The third kappa shape index (κ3) is 7.56. The fourth-order valence-electron chi connectivity index (χ4n) is 5.06. The van der Waals surface area contributed by atoms with Crippen LogP contribution in [0.1, 0.15) is 63.6 Å². The molecule has 2 aromatic carbocycles. The summed E-state index contributed by atoms with van der Waals surface area (Å²) in [6.07, 6.45) is -5.59. The topological polar surface area (TPSA) is 134 Å². The molecule has 50 heavy (non-hydrogen) atoms. The Morgan fingerprint density at radius 1 is 1.08 bits per heavy atom. The van der Waals surface area contributed by atoms with Gasteiger partial charge < -0.3 is 19.4 Å². The fourth-order valence-corrected chi connectivity index (χ4v) is 5.06. The number of alkyl carbamates (subject to hydrolysis) is 1. The summed E-state index contributed by atoms with van der Waals surface area (Å²) in [5.74, 6) is -6.62. The van der Waals surface area contributed by atoms with Crippen molar-refractivity contribution in [3.05, 3.63) is 83.1 Å². The van der Waals surface area contributed by atoms with Crippen molar-refractivity contribution in [1.82, 2.24) is 20.5 Å². The number of hydrogen-bond acceptors (Lipinski definition) is 8. The average molecular weight is 701 g/mol. The molecule has 0 radical (unpaired) electrons. The molecule has 1 aliphatic heterocycles. The van der Waals surface area contributed by atoms with E-state index >= 15 is 13.2 Å². The summed E-state index contributed by atoms with van der Waals surface area (Å²) in [6.45, 7) is 7.19. The van der Waals surface area contributed by atoms with E-state index in [1.807, 2.05) is 6.07 Å². The van der Waals surface area contributed by atoms with E-state index in [4.69, 9.17) is 9.15 Å². The summed E-state index contributed by atoms with van der Waals surface area (Å²) < 4.78 is 97.2. The number of nitrogens with zero attached hydrogens (tertiary/aromatic N) is 5. The van der Waals surface area contributed by atoms with Gasteiger partial charge in [-0.15, -0.1) is 10.2 Å². The van der Waals surface area contributed by atoms with Crippen LogP contribution in [0, 0.1) is 17.1 Å².